The second-order valence-corrected chi connectivity index (χ2v) is 5.47. The number of rotatable bonds is 4. The molecule has 0 saturated carbocycles. The summed E-state index contributed by atoms with van der Waals surface area (Å²) in [5, 5.41) is 17.1. The fraction of sp³-hybridized carbons (Fsp3) is 0.545. The van der Waals surface area contributed by atoms with Gasteiger partial charge in [0.2, 0.25) is 11.9 Å². The summed E-state index contributed by atoms with van der Waals surface area (Å²) in [6.07, 6.45) is 2.83. The zero-order valence-electron chi connectivity index (χ0n) is 11.9. The number of nitrogen functional groups attached to an aromatic ring is 1. The van der Waals surface area contributed by atoms with Crippen molar-refractivity contribution in [3.05, 3.63) is 12.7 Å². The Kier molecular flexibility index (Phi) is 3.30. The van der Waals surface area contributed by atoms with E-state index in [0.29, 0.717) is 0 Å². The van der Waals surface area contributed by atoms with Gasteiger partial charge in [0, 0.05) is 0 Å². The number of nitrogens with two attached hydrogens (primary N) is 1. The second kappa shape index (κ2) is 4.67. The normalized spacial score (nSPS) is 12.4. The lowest BCUT2D eigenvalue weighted by Gasteiger charge is -2.37. The largest absolute Gasteiger partial charge is 0.388 e. The molecule has 0 bridgehead atoms. The van der Waals surface area contributed by atoms with Gasteiger partial charge in [-0.2, -0.15) is 24.7 Å². The number of aromatic nitrogens is 6. The number of hydrogen-bond acceptors (Lipinski definition) is 8. The molecular weight excluding hydrogens is 260 g/mol. The molecule has 0 radical (unpaired) electrons. The predicted octanol–water partition coefficient (Wildman–Crippen LogP) is -0.00410. The molecule has 0 saturated heterocycles. The minimum absolute atomic E-state index is 0.0551. The average molecular weight is 278 g/mol. The van der Waals surface area contributed by atoms with Crippen molar-refractivity contribution < 1.29 is 5.11 Å². The van der Waals surface area contributed by atoms with Gasteiger partial charge in [0.05, 0.1) is 11.1 Å². The van der Waals surface area contributed by atoms with Crippen LogP contribution in [-0.4, -0.2) is 46.0 Å². The van der Waals surface area contributed by atoms with Crippen molar-refractivity contribution in [3.8, 4) is 5.95 Å². The molecule has 0 aliphatic rings. The van der Waals surface area contributed by atoms with Crippen LogP contribution in [0.15, 0.2) is 12.7 Å². The summed E-state index contributed by atoms with van der Waals surface area (Å²) in [6.45, 7) is 7.07. The molecule has 4 N–H and O–H groups in total. The molecule has 0 atom stereocenters. The molecule has 2 rings (SSSR count). The summed E-state index contributed by atoms with van der Waals surface area (Å²) >= 11 is 0. The van der Waals surface area contributed by atoms with Crippen molar-refractivity contribution >= 4 is 11.9 Å². The van der Waals surface area contributed by atoms with Crippen LogP contribution in [0.4, 0.5) is 11.9 Å². The van der Waals surface area contributed by atoms with Crippen molar-refractivity contribution in [1.82, 2.24) is 29.7 Å². The van der Waals surface area contributed by atoms with Crippen LogP contribution in [0.2, 0.25) is 0 Å². The van der Waals surface area contributed by atoms with E-state index >= 15 is 0 Å². The minimum atomic E-state index is -0.984. The summed E-state index contributed by atoms with van der Waals surface area (Å²) in [6, 6.07) is 0. The van der Waals surface area contributed by atoms with E-state index < -0.39 is 11.1 Å². The Balaban J connectivity index is 2.34. The Morgan fingerprint density at radius 3 is 2.45 bits per heavy atom. The smallest absolute Gasteiger partial charge is 0.258 e. The summed E-state index contributed by atoms with van der Waals surface area (Å²) in [4.78, 5) is 16.0. The molecule has 0 aliphatic carbocycles. The first-order valence-electron chi connectivity index (χ1n) is 6.06. The van der Waals surface area contributed by atoms with Gasteiger partial charge >= 0.3 is 0 Å². The number of hydrogen-bond donors (Lipinski definition) is 3. The zero-order valence-corrected chi connectivity index (χ0v) is 11.9. The zero-order chi connectivity index (χ0) is 15.0. The molecule has 2 aromatic rings. The lowest BCUT2D eigenvalue weighted by molar-refractivity contribution is 0.0237. The van der Waals surface area contributed by atoms with Gasteiger partial charge in [0.25, 0.3) is 5.95 Å². The van der Waals surface area contributed by atoms with E-state index in [-0.39, 0.29) is 17.8 Å². The first-order chi connectivity index (χ1) is 9.19. The number of nitrogens with one attached hydrogen (secondary N) is 1. The van der Waals surface area contributed by atoms with Gasteiger partial charge < -0.3 is 16.2 Å². The van der Waals surface area contributed by atoms with Crippen LogP contribution in [0.3, 0.4) is 0 Å². The van der Waals surface area contributed by atoms with Gasteiger partial charge in [-0.15, -0.1) is 0 Å². The fourth-order valence-electron chi connectivity index (χ4n) is 1.28. The van der Waals surface area contributed by atoms with Crippen LogP contribution in [0, 0.1) is 0 Å². The van der Waals surface area contributed by atoms with Crippen LogP contribution in [0.1, 0.15) is 27.7 Å². The first-order valence-corrected chi connectivity index (χ1v) is 6.06. The molecule has 0 unspecified atom stereocenters. The van der Waals surface area contributed by atoms with Crippen LogP contribution < -0.4 is 11.1 Å². The number of anilines is 2. The van der Waals surface area contributed by atoms with E-state index in [0.717, 1.165) is 0 Å². The standard InChI is InChI=1S/C11H18N8O/c1-10(2,11(3,4)20)18-8-15-7(12)16-9(17-8)19-6-13-5-14-19/h5-6,20H,1-4H3,(H3,12,15,16,17,18). The molecule has 2 aromatic heterocycles. The van der Waals surface area contributed by atoms with Gasteiger partial charge in [0.15, 0.2) is 0 Å². The maximum absolute atomic E-state index is 10.1. The number of aliphatic hydroxyl groups is 1. The molecule has 0 fully saturated rings. The molecule has 0 aromatic carbocycles. The Hall–Kier alpha value is -2.29. The van der Waals surface area contributed by atoms with Crippen molar-refractivity contribution in [3.63, 3.8) is 0 Å². The Bertz CT molecular complexity index is 587. The number of nitrogens with zero attached hydrogens (tertiary/aromatic N) is 6. The van der Waals surface area contributed by atoms with Gasteiger partial charge in [0.1, 0.15) is 12.7 Å². The van der Waals surface area contributed by atoms with Gasteiger partial charge in [-0.25, -0.2) is 4.98 Å². The Morgan fingerprint density at radius 1 is 1.20 bits per heavy atom. The van der Waals surface area contributed by atoms with E-state index in [1.165, 1.54) is 17.3 Å². The van der Waals surface area contributed by atoms with E-state index in [2.05, 4.69) is 30.4 Å². The minimum Gasteiger partial charge on any atom is -0.388 e. The SMILES string of the molecule is CC(C)(O)C(C)(C)Nc1nc(N)nc(-n2cncn2)n1. The van der Waals surface area contributed by atoms with Crippen LogP contribution >= 0.6 is 0 Å². The average Bonchev–Trinajstić information content (AvgIpc) is 2.78. The predicted molar refractivity (Wildman–Crippen MR) is 73.2 cm³/mol. The molecule has 20 heavy (non-hydrogen) atoms. The van der Waals surface area contributed by atoms with E-state index in [4.69, 9.17) is 5.73 Å². The van der Waals surface area contributed by atoms with Crippen molar-refractivity contribution in [2.24, 2.45) is 0 Å². The van der Waals surface area contributed by atoms with E-state index in [9.17, 15) is 5.11 Å². The van der Waals surface area contributed by atoms with Gasteiger partial charge in [-0.05, 0) is 27.7 Å². The van der Waals surface area contributed by atoms with Crippen molar-refractivity contribution in [2.45, 2.75) is 38.8 Å². The lowest BCUT2D eigenvalue weighted by Crippen LogP contribution is -2.51. The highest BCUT2D eigenvalue weighted by molar-refractivity contribution is 5.37. The lowest BCUT2D eigenvalue weighted by atomic mass is 9.86. The quantitative estimate of drug-likeness (QED) is 0.712. The molecule has 2 heterocycles. The van der Waals surface area contributed by atoms with Crippen molar-refractivity contribution in [2.75, 3.05) is 11.1 Å². The highest BCUT2D eigenvalue weighted by Gasteiger charge is 2.35. The van der Waals surface area contributed by atoms with Crippen molar-refractivity contribution in [1.29, 1.82) is 0 Å². The Morgan fingerprint density at radius 2 is 1.90 bits per heavy atom. The summed E-state index contributed by atoms with van der Waals surface area (Å²) < 4.78 is 1.38. The van der Waals surface area contributed by atoms with Crippen LogP contribution in [-0.2, 0) is 0 Å². The highest BCUT2D eigenvalue weighted by atomic mass is 16.3. The van der Waals surface area contributed by atoms with Crippen LogP contribution in [0.25, 0.3) is 5.95 Å². The van der Waals surface area contributed by atoms with Crippen LogP contribution in [0.5, 0.6) is 0 Å². The molecule has 9 heteroatoms. The maximum atomic E-state index is 10.1. The Labute approximate surface area is 116 Å². The highest BCUT2D eigenvalue weighted by Crippen LogP contribution is 2.24. The maximum Gasteiger partial charge on any atom is 0.258 e. The molecule has 0 aliphatic heterocycles. The third kappa shape index (κ3) is 2.82. The van der Waals surface area contributed by atoms with E-state index in [1.807, 2.05) is 13.8 Å². The molecule has 108 valence electrons. The molecule has 0 spiro atoms. The van der Waals surface area contributed by atoms with Gasteiger partial charge in [-0.1, -0.05) is 0 Å². The molecule has 0 amide bonds. The summed E-state index contributed by atoms with van der Waals surface area (Å²) in [5.41, 5.74) is 4.02. The van der Waals surface area contributed by atoms with E-state index in [1.54, 1.807) is 13.8 Å². The van der Waals surface area contributed by atoms with Gasteiger partial charge in [-0.3, -0.25) is 0 Å². The first kappa shape index (κ1) is 14.1. The molecule has 9 nitrogen and oxygen atoms in total. The fourth-order valence-corrected chi connectivity index (χ4v) is 1.28. The topological polar surface area (TPSA) is 128 Å². The second-order valence-electron chi connectivity index (χ2n) is 5.47. The molecular formula is C11H18N8O. The third-order valence-electron chi connectivity index (χ3n) is 3.22. The summed E-state index contributed by atoms with van der Waals surface area (Å²) in [5.74, 6) is 0.568. The third-order valence-corrected chi connectivity index (χ3v) is 3.22. The monoisotopic (exact) mass is 278 g/mol. The summed E-state index contributed by atoms with van der Waals surface area (Å²) in [7, 11) is 0.